The molecule has 0 saturated carbocycles. The number of nitro groups is 1. The molecule has 0 saturated heterocycles. The largest absolute Gasteiger partial charge is 0.333 e. The monoisotopic (exact) mass is 250 g/mol. The molecule has 88 valence electrons. The number of hydrogen-bond acceptors (Lipinski definition) is 5. The van der Waals surface area contributed by atoms with E-state index in [1.165, 1.54) is 0 Å². The van der Waals surface area contributed by atoms with E-state index in [1.807, 2.05) is 0 Å². The molecule has 0 bridgehead atoms. The van der Waals surface area contributed by atoms with Crippen molar-refractivity contribution in [3.05, 3.63) is 39.7 Å². The Morgan fingerprint density at radius 1 is 1.50 bits per heavy atom. The van der Waals surface area contributed by atoms with E-state index >= 15 is 0 Å². The number of hydrogen-bond donors (Lipinski definition) is 1. The summed E-state index contributed by atoms with van der Waals surface area (Å²) in [6.07, 6.45) is 0. The molecule has 7 nitrogen and oxygen atoms in total. The van der Waals surface area contributed by atoms with Gasteiger partial charge in [0.1, 0.15) is 5.82 Å². The van der Waals surface area contributed by atoms with Gasteiger partial charge in [-0.25, -0.2) is 9.53 Å². The summed E-state index contributed by atoms with van der Waals surface area (Å²) >= 11 is 0. The maximum absolute atomic E-state index is 13.1. The summed E-state index contributed by atoms with van der Waals surface area (Å²) in [6, 6.07) is 2.68. The van der Waals surface area contributed by atoms with Crippen LogP contribution in [0.2, 0.25) is 0 Å². The number of non-ortho nitro benzene ring substituents is 1. The molecule has 0 aromatic heterocycles. The van der Waals surface area contributed by atoms with E-state index in [1.54, 1.807) is 0 Å². The van der Waals surface area contributed by atoms with Crippen LogP contribution in [0.4, 0.5) is 10.1 Å². The van der Waals surface area contributed by atoms with Crippen LogP contribution >= 0.6 is 0 Å². The zero-order valence-corrected chi connectivity index (χ0v) is 8.61. The highest BCUT2D eigenvalue weighted by Crippen LogP contribution is 2.17. The lowest BCUT2D eigenvalue weighted by atomic mass is 10.2. The van der Waals surface area contributed by atoms with E-state index in [0.717, 1.165) is 18.2 Å². The molecule has 0 fully saturated rings. The summed E-state index contributed by atoms with van der Waals surface area (Å²) < 4.78 is 38.1. The highest BCUT2D eigenvalue weighted by Gasteiger charge is 2.12. The zero-order valence-electron chi connectivity index (χ0n) is 7.79. The summed E-state index contributed by atoms with van der Waals surface area (Å²) in [5.41, 5.74) is -0.627. The van der Waals surface area contributed by atoms with Crippen LogP contribution in [0.5, 0.6) is 0 Å². The van der Waals surface area contributed by atoms with Crippen LogP contribution in [0.3, 0.4) is 0 Å². The van der Waals surface area contributed by atoms with E-state index in [-0.39, 0.29) is 11.3 Å². The first-order chi connectivity index (χ1) is 7.29. The lowest BCUT2D eigenvalue weighted by Crippen LogP contribution is -2.16. The van der Waals surface area contributed by atoms with Crippen LogP contribution in [0.25, 0.3) is 0 Å². The van der Waals surface area contributed by atoms with Crippen LogP contribution in [0.15, 0.2) is 18.2 Å². The van der Waals surface area contributed by atoms with E-state index in [0.29, 0.717) is 0 Å². The van der Waals surface area contributed by atoms with Crippen molar-refractivity contribution in [1.82, 2.24) is 0 Å². The average molecular weight is 250 g/mol. The molecule has 0 unspecified atom stereocenters. The third kappa shape index (κ3) is 3.53. The van der Waals surface area contributed by atoms with Crippen molar-refractivity contribution >= 4 is 16.0 Å². The first-order valence-corrected chi connectivity index (χ1v) is 5.37. The summed E-state index contributed by atoms with van der Waals surface area (Å²) in [5.74, 6) is -0.811. The van der Waals surface area contributed by atoms with Crippen LogP contribution < -0.4 is 5.14 Å². The smallest absolute Gasteiger partial charge is 0.258 e. The van der Waals surface area contributed by atoms with Gasteiger partial charge in [-0.3, -0.25) is 14.3 Å². The molecule has 1 aromatic carbocycles. The van der Waals surface area contributed by atoms with E-state index in [9.17, 15) is 22.9 Å². The summed E-state index contributed by atoms with van der Waals surface area (Å²) in [5, 5.41) is 14.9. The Balaban J connectivity index is 2.95. The summed E-state index contributed by atoms with van der Waals surface area (Å²) in [6.45, 7) is -0.688. The molecule has 0 aliphatic carbocycles. The molecule has 2 N–H and O–H groups in total. The molecule has 1 aromatic rings. The first kappa shape index (κ1) is 12.5. The van der Waals surface area contributed by atoms with Gasteiger partial charge in [0.2, 0.25) is 0 Å². The van der Waals surface area contributed by atoms with Crippen molar-refractivity contribution in [3.63, 3.8) is 0 Å². The molecule has 0 heterocycles. The van der Waals surface area contributed by atoms with Gasteiger partial charge in [-0.15, -0.1) is 0 Å². The van der Waals surface area contributed by atoms with Crippen LogP contribution in [0, 0.1) is 15.9 Å². The topological polar surface area (TPSA) is 113 Å². The SMILES string of the molecule is NS(=O)(=O)OCc1cc([N+](=O)[O-])ccc1F. The quantitative estimate of drug-likeness (QED) is 0.615. The molecule has 0 amide bonds. The van der Waals surface area contributed by atoms with Crippen molar-refractivity contribution in [2.75, 3.05) is 0 Å². The summed E-state index contributed by atoms with van der Waals surface area (Å²) in [4.78, 5) is 9.63. The standard InChI is InChI=1S/C7H7FN2O5S/c8-7-2-1-6(10(11)12)3-5(7)4-15-16(9,13)14/h1-3H,4H2,(H2,9,13,14). The number of nitro benzene ring substituents is 1. The van der Waals surface area contributed by atoms with Crippen molar-refractivity contribution < 1.29 is 21.9 Å². The van der Waals surface area contributed by atoms with E-state index in [2.05, 4.69) is 9.32 Å². The van der Waals surface area contributed by atoms with Gasteiger partial charge in [0, 0.05) is 17.7 Å². The van der Waals surface area contributed by atoms with Crippen LogP contribution in [-0.2, 0) is 21.1 Å². The highest BCUT2D eigenvalue weighted by atomic mass is 32.2. The van der Waals surface area contributed by atoms with Gasteiger partial charge in [0.25, 0.3) is 5.69 Å². The van der Waals surface area contributed by atoms with Gasteiger partial charge in [-0.2, -0.15) is 8.42 Å². The number of nitrogens with zero attached hydrogens (tertiary/aromatic N) is 1. The molecule has 1 rings (SSSR count). The second-order valence-corrected chi connectivity index (χ2v) is 4.01. The first-order valence-electron chi connectivity index (χ1n) is 3.89. The third-order valence-electron chi connectivity index (χ3n) is 1.62. The van der Waals surface area contributed by atoms with Crippen LogP contribution in [-0.4, -0.2) is 13.3 Å². The number of benzene rings is 1. The van der Waals surface area contributed by atoms with Gasteiger partial charge < -0.3 is 0 Å². The Bertz CT molecular complexity index is 516. The minimum atomic E-state index is -4.21. The van der Waals surface area contributed by atoms with E-state index < -0.39 is 27.7 Å². The fourth-order valence-corrected chi connectivity index (χ4v) is 1.22. The van der Waals surface area contributed by atoms with Gasteiger partial charge in [0.05, 0.1) is 11.5 Å². The van der Waals surface area contributed by atoms with Gasteiger partial charge in [-0.05, 0) is 6.07 Å². The maximum Gasteiger partial charge on any atom is 0.333 e. The lowest BCUT2D eigenvalue weighted by Gasteiger charge is -2.02. The van der Waals surface area contributed by atoms with Crippen LogP contribution in [0.1, 0.15) is 5.56 Å². The predicted octanol–water partition coefficient (Wildman–Crippen LogP) is 0.454. The average Bonchev–Trinajstić information content (AvgIpc) is 2.14. The molecule has 9 heteroatoms. The molecule has 0 aliphatic rings. The number of nitrogens with two attached hydrogens (primary N) is 1. The predicted molar refractivity (Wildman–Crippen MR) is 51.0 cm³/mol. The zero-order chi connectivity index (χ0) is 12.3. The van der Waals surface area contributed by atoms with Crippen molar-refractivity contribution in [2.24, 2.45) is 5.14 Å². The molecular weight excluding hydrogens is 243 g/mol. The van der Waals surface area contributed by atoms with Gasteiger partial charge in [-0.1, -0.05) is 0 Å². The van der Waals surface area contributed by atoms with Gasteiger partial charge >= 0.3 is 10.3 Å². The molecule has 0 atom stereocenters. The second-order valence-electron chi connectivity index (χ2n) is 2.79. The normalized spacial score (nSPS) is 11.4. The lowest BCUT2D eigenvalue weighted by molar-refractivity contribution is -0.385. The Kier molecular flexibility index (Phi) is 3.52. The molecular formula is C7H7FN2O5S. The Hall–Kier alpha value is -1.58. The molecule has 0 radical (unpaired) electrons. The Morgan fingerprint density at radius 2 is 2.12 bits per heavy atom. The van der Waals surface area contributed by atoms with Crippen molar-refractivity contribution in [1.29, 1.82) is 0 Å². The minimum absolute atomic E-state index is 0.261. The second kappa shape index (κ2) is 4.51. The van der Waals surface area contributed by atoms with Crippen molar-refractivity contribution in [2.45, 2.75) is 6.61 Å². The maximum atomic E-state index is 13.1. The van der Waals surface area contributed by atoms with Crippen molar-refractivity contribution in [3.8, 4) is 0 Å². The minimum Gasteiger partial charge on any atom is -0.258 e. The molecule has 0 aliphatic heterocycles. The summed E-state index contributed by atoms with van der Waals surface area (Å²) in [7, 11) is -4.21. The number of halogens is 1. The highest BCUT2D eigenvalue weighted by molar-refractivity contribution is 7.84. The Morgan fingerprint density at radius 3 is 2.62 bits per heavy atom. The third-order valence-corrected chi connectivity index (χ3v) is 2.07. The molecule has 0 spiro atoms. The van der Waals surface area contributed by atoms with Gasteiger partial charge in [0.15, 0.2) is 0 Å². The fourth-order valence-electron chi connectivity index (χ4n) is 0.931. The number of rotatable bonds is 4. The molecule has 16 heavy (non-hydrogen) atoms. The van der Waals surface area contributed by atoms with E-state index in [4.69, 9.17) is 0 Å². The fraction of sp³-hybridized carbons (Fsp3) is 0.143. The Labute approximate surface area is 90.0 Å².